The Morgan fingerprint density at radius 2 is 0.812 bits per heavy atom. The van der Waals surface area contributed by atoms with Gasteiger partial charge in [0, 0.05) is 0 Å². The van der Waals surface area contributed by atoms with Crippen molar-refractivity contribution >= 4 is 0 Å². The Morgan fingerprint density at radius 1 is 0.500 bits per heavy atom. The van der Waals surface area contributed by atoms with Crippen LogP contribution in [0.4, 0.5) is 0 Å². The van der Waals surface area contributed by atoms with Gasteiger partial charge in [0.15, 0.2) is 6.54 Å². The molecule has 0 aromatic rings. The first-order valence-electron chi connectivity index (χ1n) is 13.2. The summed E-state index contributed by atoms with van der Waals surface area (Å²) in [6, 6.07) is 0. The molecule has 0 aromatic carbocycles. The first-order chi connectivity index (χ1) is 14.1. The Bertz CT molecular complexity index is 405. The number of aliphatic hydroxyl groups is 2. The van der Waals surface area contributed by atoms with Crippen molar-refractivity contribution in [3.63, 3.8) is 0 Å². The number of hydrogen-bond donors (Lipinski definition) is 2. The molecule has 0 rings (SSSR count). The van der Waals surface area contributed by atoms with E-state index in [-0.39, 0.29) is 52.4 Å². The molecule has 0 saturated heterocycles. The molecule has 2 N–H and O–H groups in total. The predicted octanol–water partition coefficient (Wildman–Crippen LogP) is 0.0670. The highest BCUT2D eigenvalue weighted by atomic mass is 127. The SMILES string of the molecule is CCCCCCCCCC[N+](C)(C)CC(O)(O)[N+](C)(C)CCCCCCCCCC.[I-].[I-]. The van der Waals surface area contributed by atoms with E-state index in [0.717, 1.165) is 19.5 Å². The van der Waals surface area contributed by atoms with Crippen LogP contribution < -0.4 is 48.0 Å². The van der Waals surface area contributed by atoms with Crippen molar-refractivity contribution < 1.29 is 67.1 Å². The van der Waals surface area contributed by atoms with Gasteiger partial charge in [-0.25, -0.2) is 0 Å². The number of quaternary nitrogens is 2. The maximum absolute atomic E-state index is 10.9. The molecule has 0 bridgehead atoms. The second-order valence-corrected chi connectivity index (χ2v) is 11.0. The largest absolute Gasteiger partial charge is 1.00 e. The smallest absolute Gasteiger partial charge is 0.365 e. The summed E-state index contributed by atoms with van der Waals surface area (Å²) >= 11 is 0. The molecule has 0 spiro atoms. The minimum absolute atomic E-state index is 0. The molecule has 0 aliphatic carbocycles. The molecule has 6 heteroatoms. The molecular weight excluding hydrogens is 626 g/mol. The van der Waals surface area contributed by atoms with E-state index in [1.165, 1.54) is 96.3 Å². The van der Waals surface area contributed by atoms with Crippen LogP contribution >= 0.6 is 0 Å². The molecule has 0 aromatic heterocycles. The first kappa shape index (κ1) is 37.8. The zero-order chi connectivity index (χ0) is 22.9. The second-order valence-electron chi connectivity index (χ2n) is 11.0. The lowest BCUT2D eigenvalue weighted by Crippen LogP contribution is -3.00. The number of hydrogen-bond acceptors (Lipinski definition) is 2. The van der Waals surface area contributed by atoms with Crippen molar-refractivity contribution in [3.8, 4) is 0 Å². The van der Waals surface area contributed by atoms with Crippen LogP contribution in [0, 0.1) is 0 Å². The first-order valence-corrected chi connectivity index (χ1v) is 13.2. The summed E-state index contributed by atoms with van der Waals surface area (Å²) in [6.45, 7) is 6.73. The predicted molar refractivity (Wildman–Crippen MR) is 131 cm³/mol. The summed E-state index contributed by atoms with van der Waals surface area (Å²) in [5.41, 5.74) is 0. The van der Waals surface area contributed by atoms with Crippen molar-refractivity contribution in [2.45, 2.75) is 122 Å². The van der Waals surface area contributed by atoms with E-state index in [9.17, 15) is 10.2 Å². The quantitative estimate of drug-likeness (QED) is 0.0779. The van der Waals surface area contributed by atoms with E-state index in [2.05, 4.69) is 27.9 Å². The Balaban J connectivity index is -0.00000420. The van der Waals surface area contributed by atoms with Gasteiger partial charge in [-0.1, -0.05) is 90.9 Å². The van der Waals surface area contributed by atoms with Crippen LogP contribution in [0.1, 0.15) is 117 Å². The van der Waals surface area contributed by atoms with Crippen LogP contribution in [-0.2, 0) is 0 Å². The maximum Gasteiger partial charge on any atom is 0.365 e. The Labute approximate surface area is 236 Å². The molecule has 0 aliphatic heterocycles. The minimum Gasteiger partial charge on any atom is -1.00 e. The van der Waals surface area contributed by atoms with Gasteiger partial charge < -0.3 is 62.6 Å². The van der Waals surface area contributed by atoms with Crippen molar-refractivity contribution in [3.05, 3.63) is 0 Å². The lowest BCUT2D eigenvalue weighted by molar-refractivity contribution is -1.03. The molecule has 0 saturated carbocycles. The van der Waals surface area contributed by atoms with Gasteiger partial charge in [-0.3, -0.25) is 4.48 Å². The molecule has 0 aliphatic rings. The zero-order valence-electron chi connectivity index (χ0n) is 22.5. The number of likely N-dealkylation sites (N-methyl/N-ethyl adjacent to an activating group) is 2. The van der Waals surface area contributed by atoms with E-state index < -0.39 is 5.91 Å². The number of rotatable bonds is 21. The van der Waals surface area contributed by atoms with E-state index >= 15 is 0 Å². The van der Waals surface area contributed by atoms with Gasteiger partial charge >= 0.3 is 5.91 Å². The number of nitrogens with zero attached hydrogens (tertiary/aromatic N) is 2. The average Bonchev–Trinajstić information content (AvgIpc) is 2.65. The topological polar surface area (TPSA) is 40.5 Å². The van der Waals surface area contributed by atoms with E-state index in [4.69, 9.17) is 0 Å². The summed E-state index contributed by atoms with van der Waals surface area (Å²) in [5, 5.41) is 21.8. The third-order valence-electron chi connectivity index (χ3n) is 6.80. The van der Waals surface area contributed by atoms with Crippen LogP contribution in [0.15, 0.2) is 0 Å². The molecule has 0 fully saturated rings. The summed E-state index contributed by atoms with van der Waals surface area (Å²) in [5.74, 6) is -1.68. The average molecular weight is 685 g/mol. The zero-order valence-corrected chi connectivity index (χ0v) is 26.8. The van der Waals surface area contributed by atoms with Crippen LogP contribution in [0.25, 0.3) is 0 Å². The molecule has 198 valence electrons. The molecule has 0 radical (unpaired) electrons. The molecule has 0 amide bonds. The molecule has 0 unspecified atom stereocenters. The summed E-state index contributed by atoms with van der Waals surface area (Å²) < 4.78 is 0.934. The fraction of sp³-hybridized carbons (Fsp3) is 1.00. The standard InChI is InChI=1S/C26H58N2O2.2HI/c1-7-9-11-13-15-17-19-21-23-27(3,4)25-26(29,30)28(5,6)24-22-20-18-16-14-12-10-8-2;;/h29-30H,7-25H2,1-6H3;2*1H/q+2;;/p-2. The van der Waals surface area contributed by atoms with Gasteiger partial charge in [-0.05, 0) is 25.7 Å². The van der Waals surface area contributed by atoms with E-state index in [0.29, 0.717) is 11.0 Å². The molecule has 32 heavy (non-hydrogen) atoms. The monoisotopic (exact) mass is 684 g/mol. The van der Waals surface area contributed by atoms with Crippen molar-refractivity contribution in [2.75, 3.05) is 47.8 Å². The summed E-state index contributed by atoms with van der Waals surface area (Å²) in [6.07, 6.45) is 20.7. The van der Waals surface area contributed by atoms with Gasteiger partial charge in [0.25, 0.3) is 0 Å². The molecule has 4 nitrogen and oxygen atoms in total. The molecule has 0 atom stereocenters. The Morgan fingerprint density at radius 3 is 1.19 bits per heavy atom. The lowest BCUT2D eigenvalue weighted by Gasteiger charge is -2.44. The van der Waals surface area contributed by atoms with Crippen LogP contribution in [0.5, 0.6) is 0 Å². The number of unbranched alkanes of at least 4 members (excludes halogenated alkanes) is 14. The van der Waals surface area contributed by atoms with E-state index in [1.54, 1.807) is 0 Å². The minimum atomic E-state index is -1.68. The normalized spacial score (nSPS) is 12.4. The van der Waals surface area contributed by atoms with Crippen molar-refractivity contribution in [1.29, 1.82) is 0 Å². The van der Waals surface area contributed by atoms with Crippen LogP contribution in [0.2, 0.25) is 0 Å². The Hall–Kier alpha value is 1.30. The molecular formula is C26H58I2N2O2. The highest BCUT2D eigenvalue weighted by Gasteiger charge is 2.47. The summed E-state index contributed by atoms with van der Waals surface area (Å²) in [4.78, 5) is 0. The van der Waals surface area contributed by atoms with Gasteiger partial charge in [-0.2, -0.15) is 0 Å². The van der Waals surface area contributed by atoms with Gasteiger partial charge in [0.2, 0.25) is 0 Å². The van der Waals surface area contributed by atoms with Crippen LogP contribution in [-0.4, -0.2) is 72.9 Å². The Kier molecular flexibility index (Phi) is 25.5. The fourth-order valence-electron chi connectivity index (χ4n) is 4.34. The summed E-state index contributed by atoms with van der Waals surface area (Å²) in [7, 11) is 8.21. The third-order valence-corrected chi connectivity index (χ3v) is 6.80. The highest BCUT2D eigenvalue weighted by molar-refractivity contribution is 4.55. The fourth-order valence-corrected chi connectivity index (χ4v) is 4.34. The molecule has 0 heterocycles. The van der Waals surface area contributed by atoms with Gasteiger partial charge in [-0.15, -0.1) is 0 Å². The number of halogens is 2. The third kappa shape index (κ3) is 19.6. The van der Waals surface area contributed by atoms with E-state index in [1.807, 2.05) is 14.1 Å². The van der Waals surface area contributed by atoms with Crippen molar-refractivity contribution in [1.82, 2.24) is 0 Å². The highest BCUT2D eigenvalue weighted by Crippen LogP contribution is 2.21. The van der Waals surface area contributed by atoms with Crippen molar-refractivity contribution in [2.24, 2.45) is 0 Å². The lowest BCUT2D eigenvalue weighted by atomic mass is 10.1. The maximum atomic E-state index is 10.9. The van der Waals surface area contributed by atoms with Gasteiger partial charge in [0.1, 0.15) is 0 Å². The van der Waals surface area contributed by atoms with Gasteiger partial charge in [0.05, 0.1) is 41.3 Å². The van der Waals surface area contributed by atoms with Crippen LogP contribution in [0.3, 0.4) is 0 Å². The second kappa shape index (κ2) is 21.6.